The summed E-state index contributed by atoms with van der Waals surface area (Å²) < 4.78 is 2.02. The van der Waals surface area contributed by atoms with Gasteiger partial charge in [0.15, 0.2) is 0 Å². The number of rotatable bonds is 1. The Morgan fingerprint density at radius 3 is 2.77 bits per heavy atom. The summed E-state index contributed by atoms with van der Waals surface area (Å²) in [6.07, 6.45) is 4.05. The monoisotopic (exact) mass is 175 g/mol. The molecule has 0 saturated carbocycles. The molecular formula is C10H13N3. The smallest absolute Gasteiger partial charge is 0.137 e. The number of imidazole rings is 1. The molecule has 2 N–H and O–H groups in total. The van der Waals surface area contributed by atoms with Crippen LogP contribution in [0.2, 0.25) is 0 Å². The number of nitrogens with two attached hydrogens (primary N) is 1. The lowest BCUT2D eigenvalue weighted by molar-refractivity contribution is 1.01. The van der Waals surface area contributed by atoms with Crippen LogP contribution in [0.3, 0.4) is 0 Å². The number of nitrogens with zero attached hydrogens (tertiary/aromatic N) is 2. The molecule has 13 heavy (non-hydrogen) atoms. The van der Waals surface area contributed by atoms with Crippen LogP contribution in [0, 0.1) is 13.8 Å². The predicted molar refractivity (Wildman–Crippen MR) is 52.6 cm³/mol. The van der Waals surface area contributed by atoms with Crippen LogP contribution in [0.25, 0.3) is 5.65 Å². The highest BCUT2D eigenvalue weighted by atomic mass is 15.0. The lowest BCUT2D eigenvalue weighted by Crippen LogP contribution is -1.95. The Morgan fingerprint density at radius 1 is 1.31 bits per heavy atom. The van der Waals surface area contributed by atoms with Crippen molar-refractivity contribution >= 4 is 5.65 Å². The van der Waals surface area contributed by atoms with Crippen LogP contribution in [0.4, 0.5) is 0 Å². The molecule has 0 saturated heterocycles. The van der Waals surface area contributed by atoms with Crippen molar-refractivity contribution in [3.63, 3.8) is 0 Å². The van der Waals surface area contributed by atoms with E-state index < -0.39 is 0 Å². The maximum Gasteiger partial charge on any atom is 0.137 e. The second-order valence-electron chi connectivity index (χ2n) is 3.34. The fourth-order valence-electron chi connectivity index (χ4n) is 1.39. The Labute approximate surface area is 77.2 Å². The standard InChI is InChI=1S/C10H13N3/c1-7-3-10-12-9(4-11)6-13(10)5-8(7)2/h3,5-6H,4,11H2,1-2H3. The number of aromatic nitrogens is 2. The fraction of sp³-hybridized carbons (Fsp3) is 0.300. The minimum absolute atomic E-state index is 0.500. The lowest BCUT2D eigenvalue weighted by Gasteiger charge is -1.99. The zero-order valence-corrected chi connectivity index (χ0v) is 7.91. The van der Waals surface area contributed by atoms with Gasteiger partial charge < -0.3 is 10.1 Å². The van der Waals surface area contributed by atoms with Crippen LogP contribution in [0.5, 0.6) is 0 Å². The molecule has 0 spiro atoms. The summed E-state index contributed by atoms with van der Waals surface area (Å²) >= 11 is 0. The number of hydrogen-bond acceptors (Lipinski definition) is 2. The van der Waals surface area contributed by atoms with Gasteiger partial charge in [0.25, 0.3) is 0 Å². The number of fused-ring (bicyclic) bond motifs is 1. The minimum atomic E-state index is 0.500. The van der Waals surface area contributed by atoms with Crippen molar-refractivity contribution in [3.8, 4) is 0 Å². The van der Waals surface area contributed by atoms with Gasteiger partial charge in [-0.25, -0.2) is 4.98 Å². The number of aryl methyl sites for hydroxylation is 2. The number of pyridine rings is 1. The van der Waals surface area contributed by atoms with Gasteiger partial charge in [-0.1, -0.05) is 0 Å². The van der Waals surface area contributed by atoms with Crippen molar-refractivity contribution in [2.45, 2.75) is 20.4 Å². The summed E-state index contributed by atoms with van der Waals surface area (Å²) in [5, 5.41) is 0. The average Bonchev–Trinajstić information content (AvgIpc) is 2.48. The molecule has 0 aliphatic rings. The highest BCUT2D eigenvalue weighted by Gasteiger charge is 2.01. The van der Waals surface area contributed by atoms with E-state index in [2.05, 4.69) is 31.1 Å². The molecule has 0 aliphatic heterocycles. The van der Waals surface area contributed by atoms with Gasteiger partial charge in [0.2, 0.25) is 0 Å². The van der Waals surface area contributed by atoms with Gasteiger partial charge in [-0.3, -0.25) is 0 Å². The SMILES string of the molecule is Cc1cc2nc(CN)cn2cc1C. The Kier molecular flexibility index (Phi) is 1.81. The van der Waals surface area contributed by atoms with Crippen LogP contribution < -0.4 is 5.73 Å². The first-order valence-electron chi connectivity index (χ1n) is 4.35. The van der Waals surface area contributed by atoms with E-state index in [0.717, 1.165) is 11.3 Å². The molecule has 0 atom stereocenters. The van der Waals surface area contributed by atoms with Crippen LogP contribution in [0.1, 0.15) is 16.8 Å². The Bertz CT molecular complexity index is 404. The molecule has 0 aliphatic carbocycles. The topological polar surface area (TPSA) is 43.3 Å². The van der Waals surface area contributed by atoms with E-state index in [4.69, 9.17) is 5.73 Å². The summed E-state index contributed by atoms with van der Waals surface area (Å²) in [6, 6.07) is 2.08. The molecule has 2 aromatic rings. The van der Waals surface area contributed by atoms with Gasteiger partial charge in [-0.15, -0.1) is 0 Å². The largest absolute Gasteiger partial charge is 0.325 e. The van der Waals surface area contributed by atoms with Crippen LogP contribution in [-0.4, -0.2) is 9.38 Å². The quantitative estimate of drug-likeness (QED) is 0.712. The molecule has 3 heteroatoms. The molecule has 3 nitrogen and oxygen atoms in total. The minimum Gasteiger partial charge on any atom is -0.325 e. The van der Waals surface area contributed by atoms with E-state index in [-0.39, 0.29) is 0 Å². The van der Waals surface area contributed by atoms with Crippen molar-refractivity contribution in [2.24, 2.45) is 5.73 Å². The average molecular weight is 175 g/mol. The van der Waals surface area contributed by atoms with Gasteiger partial charge in [0, 0.05) is 18.9 Å². The summed E-state index contributed by atoms with van der Waals surface area (Å²) in [4.78, 5) is 4.37. The maximum absolute atomic E-state index is 5.51. The molecule has 2 rings (SSSR count). The first kappa shape index (κ1) is 8.26. The fourth-order valence-corrected chi connectivity index (χ4v) is 1.39. The van der Waals surface area contributed by atoms with Crippen molar-refractivity contribution < 1.29 is 0 Å². The molecule has 0 aromatic carbocycles. The molecule has 0 unspecified atom stereocenters. The van der Waals surface area contributed by atoms with Crippen molar-refractivity contribution in [2.75, 3.05) is 0 Å². The highest BCUT2D eigenvalue weighted by molar-refractivity contribution is 5.45. The van der Waals surface area contributed by atoms with Gasteiger partial charge in [0.1, 0.15) is 5.65 Å². The van der Waals surface area contributed by atoms with E-state index in [1.165, 1.54) is 11.1 Å². The first-order chi connectivity index (χ1) is 6.20. The van der Waals surface area contributed by atoms with Crippen molar-refractivity contribution in [1.29, 1.82) is 0 Å². The summed E-state index contributed by atoms with van der Waals surface area (Å²) in [6.45, 7) is 4.68. The third-order valence-electron chi connectivity index (χ3n) is 2.32. The molecule has 0 amide bonds. The summed E-state index contributed by atoms with van der Waals surface area (Å²) in [7, 11) is 0. The summed E-state index contributed by atoms with van der Waals surface area (Å²) in [5.74, 6) is 0. The third kappa shape index (κ3) is 1.31. The predicted octanol–water partition coefficient (Wildman–Crippen LogP) is 1.41. The second-order valence-corrected chi connectivity index (χ2v) is 3.34. The zero-order chi connectivity index (χ0) is 9.42. The molecule has 0 fully saturated rings. The van der Waals surface area contributed by atoms with E-state index in [0.29, 0.717) is 6.54 Å². The van der Waals surface area contributed by atoms with Gasteiger partial charge >= 0.3 is 0 Å². The molecule has 68 valence electrons. The molecule has 2 aromatic heterocycles. The molecule has 0 radical (unpaired) electrons. The maximum atomic E-state index is 5.51. The highest BCUT2D eigenvalue weighted by Crippen LogP contribution is 2.11. The second kappa shape index (κ2) is 2.85. The van der Waals surface area contributed by atoms with Gasteiger partial charge in [-0.2, -0.15) is 0 Å². The van der Waals surface area contributed by atoms with Gasteiger partial charge in [0.05, 0.1) is 5.69 Å². The van der Waals surface area contributed by atoms with E-state index in [1.54, 1.807) is 0 Å². The normalized spacial score (nSPS) is 11.0. The number of hydrogen-bond donors (Lipinski definition) is 1. The Balaban J connectivity index is 2.70. The Hall–Kier alpha value is -1.35. The molecule has 0 bridgehead atoms. The van der Waals surface area contributed by atoms with Gasteiger partial charge in [-0.05, 0) is 31.0 Å². The third-order valence-corrected chi connectivity index (χ3v) is 2.32. The van der Waals surface area contributed by atoms with Crippen molar-refractivity contribution in [3.05, 3.63) is 35.3 Å². The van der Waals surface area contributed by atoms with Crippen LogP contribution in [-0.2, 0) is 6.54 Å². The molecule has 2 heterocycles. The molecular weight excluding hydrogens is 162 g/mol. The zero-order valence-electron chi connectivity index (χ0n) is 7.91. The Morgan fingerprint density at radius 2 is 2.08 bits per heavy atom. The van der Waals surface area contributed by atoms with E-state index in [1.807, 2.05) is 10.6 Å². The lowest BCUT2D eigenvalue weighted by atomic mass is 10.2. The van der Waals surface area contributed by atoms with Crippen molar-refractivity contribution in [1.82, 2.24) is 9.38 Å². The van der Waals surface area contributed by atoms with E-state index >= 15 is 0 Å². The van der Waals surface area contributed by atoms with E-state index in [9.17, 15) is 0 Å². The van der Waals surface area contributed by atoms with Crippen LogP contribution >= 0.6 is 0 Å². The first-order valence-corrected chi connectivity index (χ1v) is 4.35. The summed E-state index contributed by atoms with van der Waals surface area (Å²) in [5.41, 5.74) is 9.96. The van der Waals surface area contributed by atoms with Crippen LogP contribution in [0.15, 0.2) is 18.5 Å².